The number of para-hydroxylation sites is 1. The van der Waals surface area contributed by atoms with Gasteiger partial charge in [0, 0.05) is 6.92 Å². The zero-order valence-electron chi connectivity index (χ0n) is 13.1. The molecule has 0 aliphatic carbocycles. The maximum absolute atomic E-state index is 12.8. The van der Waals surface area contributed by atoms with E-state index in [-0.39, 0.29) is 16.2 Å². The number of aromatic nitrogens is 2. The fourth-order valence-electron chi connectivity index (χ4n) is 2.52. The van der Waals surface area contributed by atoms with Gasteiger partial charge in [0.25, 0.3) is 5.56 Å². The minimum Gasteiger partial charge on any atom is -0.495 e. The number of rotatable bonds is 3. The Bertz CT molecular complexity index is 1050. The van der Waals surface area contributed by atoms with Crippen LogP contribution in [0.4, 0.5) is 5.69 Å². The van der Waals surface area contributed by atoms with E-state index in [1.807, 2.05) is 6.07 Å². The van der Waals surface area contributed by atoms with E-state index < -0.39 is 0 Å². The summed E-state index contributed by atoms with van der Waals surface area (Å²) in [6, 6.07) is 12.2. The van der Waals surface area contributed by atoms with Gasteiger partial charge in [-0.05, 0) is 42.5 Å². The van der Waals surface area contributed by atoms with Crippen LogP contribution < -0.4 is 15.6 Å². The molecule has 24 heavy (non-hydrogen) atoms. The number of fused-ring (bicyclic) bond motifs is 1. The highest BCUT2D eigenvalue weighted by molar-refractivity contribution is 7.71. The molecule has 2 N–H and O–H groups in total. The van der Waals surface area contributed by atoms with Crippen molar-refractivity contribution < 1.29 is 9.53 Å². The van der Waals surface area contributed by atoms with Gasteiger partial charge in [0.2, 0.25) is 5.91 Å². The molecule has 0 radical (unpaired) electrons. The number of amides is 1. The second-order valence-electron chi connectivity index (χ2n) is 5.18. The number of methoxy groups -OCH3 is 1. The Morgan fingerprint density at radius 2 is 2.00 bits per heavy atom. The lowest BCUT2D eigenvalue weighted by Gasteiger charge is -2.13. The van der Waals surface area contributed by atoms with Gasteiger partial charge in [-0.3, -0.25) is 14.2 Å². The summed E-state index contributed by atoms with van der Waals surface area (Å²) in [4.78, 5) is 27.2. The van der Waals surface area contributed by atoms with Crippen LogP contribution in [0.15, 0.2) is 47.3 Å². The quantitative estimate of drug-likeness (QED) is 0.718. The first-order valence-corrected chi connectivity index (χ1v) is 7.62. The van der Waals surface area contributed by atoms with Gasteiger partial charge in [0.15, 0.2) is 4.77 Å². The van der Waals surface area contributed by atoms with Crippen molar-refractivity contribution in [2.45, 2.75) is 6.92 Å². The van der Waals surface area contributed by atoms with Gasteiger partial charge < -0.3 is 15.0 Å². The van der Waals surface area contributed by atoms with Gasteiger partial charge in [0.1, 0.15) is 5.75 Å². The first-order chi connectivity index (χ1) is 11.5. The van der Waals surface area contributed by atoms with Crippen LogP contribution in [0.2, 0.25) is 0 Å². The number of benzene rings is 2. The van der Waals surface area contributed by atoms with Crippen molar-refractivity contribution in [1.82, 2.24) is 9.55 Å². The molecule has 122 valence electrons. The third kappa shape index (κ3) is 2.81. The Balaban J connectivity index is 2.26. The summed E-state index contributed by atoms with van der Waals surface area (Å²) < 4.78 is 6.90. The SMILES string of the molecule is COc1ccc(-n2c(=S)[nH]c3ccccc3c2=O)cc1NC(C)=O. The van der Waals surface area contributed by atoms with E-state index >= 15 is 0 Å². The van der Waals surface area contributed by atoms with E-state index in [4.69, 9.17) is 17.0 Å². The second-order valence-corrected chi connectivity index (χ2v) is 5.57. The standard InChI is InChI=1S/C17H15N3O3S/c1-10(21)18-14-9-11(7-8-15(14)23-2)20-16(22)12-5-3-4-6-13(12)19-17(20)24/h3-9H,1-2H3,(H,18,21)(H,19,24). The molecule has 0 unspecified atom stereocenters. The van der Waals surface area contributed by atoms with Crippen molar-refractivity contribution in [3.8, 4) is 11.4 Å². The van der Waals surface area contributed by atoms with Crippen molar-refractivity contribution >= 4 is 34.7 Å². The van der Waals surface area contributed by atoms with Crippen LogP contribution in [-0.2, 0) is 4.79 Å². The van der Waals surface area contributed by atoms with Crippen LogP contribution in [0.5, 0.6) is 5.75 Å². The molecule has 0 spiro atoms. The average molecular weight is 341 g/mol. The maximum Gasteiger partial charge on any atom is 0.266 e. The Morgan fingerprint density at radius 3 is 2.71 bits per heavy atom. The van der Waals surface area contributed by atoms with Crippen molar-refractivity contribution in [3.63, 3.8) is 0 Å². The molecular formula is C17H15N3O3S. The predicted molar refractivity (Wildman–Crippen MR) is 95.6 cm³/mol. The summed E-state index contributed by atoms with van der Waals surface area (Å²) in [5, 5.41) is 3.22. The highest BCUT2D eigenvalue weighted by Crippen LogP contribution is 2.27. The monoisotopic (exact) mass is 341 g/mol. The van der Waals surface area contributed by atoms with E-state index in [1.165, 1.54) is 18.6 Å². The van der Waals surface area contributed by atoms with Crippen LogP contribution >= 0.6 is 12.2 Å². The molecule has 0 fully saturated rings. The molecule has 1 aromatic heterocycles. The molecule has 2 aromatic carbocycles. The molecular weight excluding hydrogens is 326 g/mol. The predicted octanol–water partition coefficient (Wildman–Crippen LogP) is 3.02. The minimum atomic E-state index is -0.235. The molecule has 0 saturated carbocycles. The lowest BCUT2D eigenvalue weighted by Crippen LogP contribution is -2.20. The summed E-state index contributed by atoms with van der Waals surface area (Å²) in [6.07, 6.45) is 0. The molecule has 0 aliphatic heterocycles. The number of carbonyl (C=O) groups excluding carboxylic acids is 1. The molecule has 1 heterocycles. The van der Waals surface area contributed by atoms with E-state index in [0.717, 1.165) is 0 Å². The van der Waals surface area contributed by atoms with E-state index in [1.54, 1.807) is 36.4 Å². The largest absolute Gasteiger partial charge is 0.495 e. The first kappa shape index (κ1) is 15.9. The highest BCUT2D eigenvalue weighted by atomic mass is 32.1. The van der Waals surface area contributed by atoms with Crippen LogP contribution in [-0.4, -0.2) is 22.6 Å². The molecule has 6 nitrogen and oxygen atoms in total. The van der Waals surface area contributed by atoms with Gasteiger partial charge in [-0.25, -0.2) is 0 Å². The fourth-order valence-corrected chi connectivity index (χ4v) is 2.82. The zero-order valence-corrected chi connectivity index (χ0v) is 13.9. The van der Waals surface area contributed by atoms with Crippen molar-refractivity contribution in [1.29, 1.82) is 0 Å². The van der Waals surface area contributed by atoms with E-state index in [9.17, 15) is 9.59 Å². The second kappa shape index (κ2) is 6.29. The Labute approximate surface area is 142 Å². The molecule has 7 heteroatoms. The van der Waals surface area contributed by atoms with Gasteiger partial charge in [-0.15, -0.1) is 0 Å². The van der Waals surface area contributed by atoms with Gasteiger partial charge in [-0.1, -0.05) is 12.1 Å². The smallest absolute Gasteiger partial charge is 0.266 e. The van der Waals surface area contributed by atoms with Crippen LogP contribution in [0.3, 0.4) is 0 Å². The molecule has 0 saturated heterocycles. The molecule has 3 aromatic rings. The number of H-pyrrole nitrogens is 1. The van der Waals surface area contributed by atoms with Crippen molar-refractivity contribution in [2.24, 2.45) is 0 Å². The average Bonchev–Trinajstić information content (AvgIpc) is 2.54. The summed E-state index contributed by atoms with van der Waals surface area (Å²) >= 11 is 5.33. The van der Waals surface area contributed by atoms with Crippen LogP contribution in [0.25, 0.3) is 16.6 Å². The van der Waals surface area contributed by atoms with Crippen LogP contribution in [0.1, 0.15) is 6.92 Å². The summed E-state index contributed by atoms with van der Waals surface area (Å²) in [7, 11) is 1.51. The number of nitrogens with zero attached hydrogens (tertiary/aromatic N) is 1. The van der Waals surface area contributed by atoms with Gasteiger partial charge >= 0.3 is 0 Å². The lowest BCUT2D eigenvalue weighted by molar-refractivity contribution is -0.114. The number of carbonyl (C=O) groups is 1. The minimum absolute atomic E-state index is 0.228. The van der Waals surface area contributed by atoms with Crippen LogP contribution in [0, 0.1) is 4.77 Å². The Hall–Kier alpha value is -2.93. The molecule has 0 atom stereocenters. The number of aromatic amines is 1. The Morgan fingerprint density at radius 1 is 1.25 bits per heavy atom. The molecule has 0 bridgehead atoms. The summed E-state index contributed by atoms with van der Waals surface area (Å²) in [5.41, 5.74) is 1.46. The van der Waals surface area contributed by atoms with E-state index in [0.29, 0.717) is 28.0 Å². The molecule has 1 amide bonds. The fraction of sp³-hybridized carbons (Fsp3) is 0.118. The van der Waals surface area contributed by atoms with Gasteiger partial charge in [0.05, 0.1) is 29.4 Å². The third-order valence-electron chi connectivity index (χ3n) is 3.56. The van der Waals surface area contributed by atoms with Crippen molar-refractivity contribution in [3.05, 3.63) is 57.6 Å². The topological polar surface area (TPSA) is 76.1 Å². The van der Waals surface area contributed by atoms with E-state index in [2.05, 4.69) is 10.3 Å². The number of nitrogens with one attached hydrogen (secondary N) is 2. The van der Waals surface area contributed by atoms with Gasteiger partial charge in [-0.2, -0.15) is 0 Å². The first-order valence-electron chi connectivity index (χ1n) is 7.21. The number of anilines is 1. The third-order valence-corrected chi connectivity index (χ3v) is 3.84. The number of ether oxygens (including phenoxy) is 1. The molecule has 3 rings (SSSR count). The molecule has 0 aliphatic rings. The van der Waals surface area contributed by atoms with Crippen molar-refractivity contribution in [2.75, 3.05) is 12.4 Å². The highest BCUT2D eigenvalue weighted by Gasteiger charge is 2.11. The maximum atomic E-state index is 12.8. The number of hydrogen-bond donors (Lipinski definition) is 2. The summed E-state index contributed by atoms with van der Waals surface area (Å²) in [6.45, 7) is 1.40. The summed E-state index contributed by atoms with van der Waals surface area (Å²) in [5.74, 6) is 0.263. The zero-order chi connectivity index (χ0) is 17.3. The normalized spacial score (nSPS) is 10.6. The number of hydrogen-bond acceptors (Lipinski definition) is 4. The Kier molecular flexibility index (Phi) is 4.18. The lowest BCUT2D eigenvalue weighted by atomic mass is 10.2.